The highest BCUT2D eigenvalue weighted by molar-refractivity contribution is 5.76. The van der Waals surface area contributed by atoms with Gasteiger partial charge in [-0.15, -0.1) is 0 Å². The number of rotatable bonds is 8. The van der Waals surface area contributed by atoms with Crippen LogP contribution in [0, 0.1) is 10.1 Å². The van der Waals surface area contributed by atoms with Gasteiger partial charge in [0.1, 0.15) is 6.54 Å². The molecule has 0 fully saturated rings. The van der Waals surface area contributed by atoms with E-state index in [1.807, 2.05) is 24.3 Å². The van der Waals surface area contributed by atoms with E-state index in [1.54, 1.807) is 0 Å². The number of nitro groups is 1. The third kappa shape index (κ3) is 6.89. The first-order chi connectivity index (χ1) is 13.6. The van der Waals surface area contributed by atoms with Crippen molar-refractivity contribution in [2.24, 2.45) is 0 Å². The summed E-state index contributed by atoms with van der Waals surface area (Å²) in [5.41, 5.74) is 1.74. The molecule has 0 aliphatic carbocycles. The highest BCUT2D eigenvalue weighted by Crippen LogP contribution is 2.24. The molecule has 2 aromatic rings. The molecule has 2 aromatic carbocycles. The van der Waals surface area contributed by atoms with Crippen LogP contribution in [0.1, 0.15) is 42.9 Å². The molecule has 0 unspecified atom stereocenters. The number of aryl methyl sites for hydroxylation is 1. The standard InChI is InChI=1S/C21H23F3N2O3/c1-15(2)17-10-7-16(8-11-17)9-12-20(27)25(14-21(22,23)24)13-18-5-3-4-6-19(18)26(28)29/h3-8,10-11,15H,9,12-14H2,1-2H3. The molecule has 2 rings (SSSR count). The van der Waals surface area contributed by atoms with Crippen LogP contribution in [0.4, 0.5) is 18.9 Å². The van der Waals surface area contributed by atoms with Crippen LogP contribution in [0.3, 0.4) is 0 Å². The molecule has 0 saturated heterocycles. The highest BCUT2D eigenvalue weighted by Gasteiger charge is 2.33. The second kappa shape index (κ2) is 9.54. The molecular formula is C21H23F3N2O3. The predicted octanol–water partition coefficient (Wildman–Crippen LogP) is 5.24. The first-order valence-corrected chi connectivity index (χ1v) is 9.22. The number of nitrogens with zero attached hydrogens (tertiary/aromatic N) is 2. The second-order valence-electron chi connectivity index (χ2n) is 7.15. The molecule has 0 aliphatic rings. The van der Waals surface area contributed by atoms with Gasteiger partial charge in [-0.1, -0.05) is 56.3 Å². The Bertz CT molecular complexity index is 849. The number of para-hydroxylation sites is 1. The molecule has 8 heteroatoms. The lowest BCUT2D eigenvalue weighted by molar-refractivity contribution is -0.385. The number of halogens is 3. The monoisotopic (exact) mass is 408 g/mol. The van der Waals surface area contributed by atoms with Crippen LogP contribution in [0.25, 0.3) is 0 Å². The summed E-state index contributed by atoms with van der Waals surface area (Å²) in [6.45, 7) is 2.18. The molecule has 0 N–H and O–H groups in total. The molecular weight excluding hydrogens is 385 g/mol. The third-order valence-corrected chi connectivity index (χ3v) is 4.55. The summed E-state index contributed by atoms with van der Waals surface area (Å²) >= 11 is 0. The minimum Gasteiger partial charge on any atom is -0.329 e. The molecule has 1 amide bonds. The van der Waals surface area contributed by atoms with Crippen molar-refractivity contribution in [2.75, 3.05) is 6.54 Å². The van der Waals surface area contributed by atoms with Crippen molar-refractivity contribution in [1.82, 2.24) is 4.90 Å². The Morgan fingerprint density at radius 1 is 1.10 bits per heavy atom. The first kappa shape index (κ1) is 22.4. The average Bonchev–Trinajstić information content (AvgIpc) is 2.65. The van der Waals surface area contributed by atoms with E-state index in [4.69, 9.17) is 0 Å². The fraction of sp³-hybridized carbons (Fsp3) is 0.381. The van der Waals surface area contributed by atoms with Crippen molar-refractivity contribution >= 4 is 11.6 Å². The van der Waals surface area contributed by atoms with Gasteiger partial charge in [0, 0.05) is 18.1 Å². The number of hydrogen-bond acceptors (Lipinski definition) is 3. The molecule has 156 valence electrons. The van der Waals surface area contributed by atoms with Gasteiger partial charge in [0.25, 0.3) is 5.69 Å². The summed E-state index contributed by atoms with van der Waals surface area (Å²) in [6.07, 6.45) is -4.42. The molecule has 0 bridgehead atoms. The lowest BCUT2D eigenvalue weighted by atomic mass is 10.00. The average molecular weight is 408 g/mol. The fourth-order valence-corrected chi connectivity index (χ4v) is 2.96. The molecule has 0 aromatic heterocycles. The maximum Gasteiger partial charge on any atom is 0.406 e. The van der Waals surface area contributed by atoms with Crippen LogP contribution in [-0.4, -0.2) is 28.5 Å². The van der Waals surface area contributed by atoms with Gasteiger partial charge in [-0.2, -0.15) is 13.2 Å². The number of carbonyl (C=O) groups is 1. The van der Waals surface area contributed by atoms with Crippen molar-refractivity contribution in [1.29, 1.82) is 0 Å². The second-order valence-corrected chi connectivity index (χ2v) is 7.15. The van der Waals surface area contributed by atoms with Gasteiger partial charge in [-0.05, 0) is 23.5 Å². The summed E-state index contributed by atoms with van der Waals surface area (Å²) in [5, 5.41) is 11.1. The van der Waals surface area contributed by atoms with Crippen molar-refractivity contribution in [2.45, 2.75) is 45.3 Å². The van der Waals surface area contributed by atoms with Gasteiger partial charge in [0.05, 0.1) is 11.5 Å². The Morgan fingerprint density at radius 3 is 2.28 bits per heavy atom. The number of benzene rings is 2. The van der Waals surface area contributed by atoms with Crippen molar-refractivity contribution in [3.8, 4) is 0 Å². The van der Waals surface area contributed by atoms with Gasteiger partial charge in [0.15, 0.2) is 0 Å². The number of hydrogen-bond donors (Lipinski definition) is 0. The van der Waals surface area contributed by atoms with E-state index in [0.29, 0.717) is 17.2 Å². The molecule has 0 radical (unpaired) electrons. The number of nitro benzene ring substituents is 1. The van der Waals surface area contributed by atoms with E-state index >= 15 is 0 Å². The molecule has 0 atom stereocenters. The van der Waals surface area contributed by atoms with Crippen LogP contribution in [0.2, 0.25) is 0 Å². The minimum atomic E-state index is -4.60. The van der Waals surface area contributed by atoms with Crippen LogP contribution < -0.4 is 0 Å². The van der Waals surface area contributed by atoms with Crippen LogP contribution >= 0.6 is 0 Å². The predicted molar refractivity (Wildman–Crippen MR) is 103 cm³/mol. The molecule has 0 aliphatic heterocycles. The largest absolute Gasteiger partial charge is 0.406 e. The number of alkyl halides is 3. The SMILES string of the molecule is CC(C)c1ccc(CCC(=O)N(Cc2ccccc2[N+](=O)[O-])CC(F)(F)F)cc1. The van der Waals surface area contributed by atoms with Gasteiger partial charge in [-0.3, -0.25) is 14.9 Å². The fourth-order valence-electron chi connectivity index (χ4n) is 2.96. The summed E-state index contributed by atoms with van der Waals surface area (Å²) in [4.78, 5) is 23.6. The van der Waals surface area contributed by atoms with Gasteiger partial charge in [-0.25, -0.2) is 0 Å². The Morgan fingerprint density at radius 2 is 1.72 bits per heavy atom. The Labute approximate surface area is 167 Å². The summed E-state index contributed by atoms with van der Waals surface area (Å²) in [5.74, 6) is -0.344. The molecule has 0 heterocycles. The van der Waals surface area contributed by atoms with Crippen LogP contribution in [0.15, 0.2) is 48.5 Å². The normalized spacial score (nSPS) is 11.5. The lowest BCUT2D eigenvalue weighted by Gasteiger charge is -2.24. The van der Waals surface area contributed by atoms with Crippen molar-refractivity contribution in [3.05, 3.63) is 75.3 Å². The van der Waals surface area contributed by atoms with E-state index in [1.165, 1.54) is 24.3 Å². The molecule has 0 saturated carbocycles. The Balaban J connectivity index is 2.12. The van der Waals surface area contributed by atoms with Gasteiger partial charge < -0.3 is 4.90 Å². The quantitative estimate of drug-likeness (QED) is 0.443. The third-order valence-electron chi connectivity index (χ3n) is 4.55. The lowest BCUT2D eigenvalue weighted by Crippen LogP contribution is -2.38. The highest BCUT2D eigenvalue weighted by atomic mass is 19.4. The zero-order chi connectivity index (χ0) is 21.6. The summed E-state index contributed by atoms with van der Waals surface area (Å²) in [6, 6.07) is 13.1. The summed E-state index contributed by atoms with van der Waals surface area (Å²) in [7, 11) is 0. The van der Waals surface area contributed by atoms with Crippen molar-refractivity contribution < 1.29 is 22.9 Å². The van der Waals surface area contributed by atoms with Crippen molar-refractivity contribution in [3.63, 3.8) is 0 Å². The van der Waals surface area contributed by atoms with Crippen LogP contribution in [-0.2, 0) is 17.8 Å². The van der Waals surface area contributed by atoms with E-state index in [0.717, 1.165) is 11.1 Å². The van der Waals surface area contributed by atoms with Gasteiger partial charge >= 0.3 is 6.18 Å². The Kier molecular flexibility index (Phi) is 7.36. The van der Waals surface area contributed by atoms with Crippen LogP contribution in [0.5, 0.6) is 0 Å². The topological polar surface area (TPSA) is 63.5 Å². The summed E-state index contributed by atoms with van der Waals surface area (Å²) < 4.78 is 39.0. The maximum atomic E-state index is 13.0. The van der Waals surface area contributed by atoms with E-state index in [2.05, 4.69) is 13.8 Å². The number of amides is 1. The van der Waals surface area contributed by atoms with E-state index < -0.39 is 30.1 Å². The molecule has 0 spiro atoms. The first-order valence-electron chi connectivity index (χ1n) is 9.22. The zero-order valence-electron chi connectivity index (χ0n) is 16.3. The smallest absolute Gasteiger partial charge is 0.329 e. The number of carbonyl (C=O) groups excluding carboxylic acids is 1. The Hall–Kier alpha value is -2.90. The van der Waals surface area contributed by atoms with E-state index in [-0.39, 0.29) is 17.7 Å². The molecule has 29 heavy (non-hydrogen) atoms. The molecule has 5 nitrogen and oxygen atoms in total. The van der Waals surface area contributed by atoms with E-state index in [9.17, 15) is 28.1 Å². The zero-order valence-corrected chi connectivity index (χ0v) is 16.3. The van der Waals surface area contributed by atoms with Gasteiger partial charge in [0.2, 0.25) is 5.91 Å². The minimum absolute atomic E-state index is 0.0661. The maximum absolute atomic E-state index is 13.0.